The Labute approximate surface area is 122 Å². The van der Waals surface area contributed by atoms with E-state index in [2.05, 4.69) is 37.5 Å². The van der Waals surface area contributed by atoms with Gasteiger partial charge in [0.05, 0.1) is 6.61 Å². The Kier molecular flexibility index (Phi) is 7.79. The van der Waals surface area contributed by atoms with E-state index in [1.165, 1.54) is 0 Å². The molecule has 1 N–H and O–H groups in total. The minimum Gasteiger partial charge on any atom is -0.492 e. The summed E-state index contributed by atoms with van der Waals surface area (Å²) in [4.78, 5) is 2.37. The molecule has 0 unspecified atom stereocenters. The lowest BCUT2D eigenvalue weighted by Crippen LogP contribution is -2.34. The smallest absolute Gasteiger partial charge is 0.119 e. The minimum atomic E-state index is 0.109. The summed E-state index contributed by atoms with van der Waals surface area (Å²) in [6.45, 7) is 9.35. The Morgan fingerprint density at radius 2 is 1.95 bits per heavy atom. The van der Waals surface area contributed by atoms with Crippen molar-refractivity contribution in [2.75, 3.05) is 26.3 Å². The Morgan fingerprint density at radius 1 is 1.25 bits per heavy atom. The van der Waals surface area contributed by atoms with Gasteiger partial charge in [-0.2, -0.15) is 0 Å². The molecule has 0 fully saturated rings. The molecule has 0 aliphatic rings. The molecule has 0 aliphatic heterocycles. The van der Waals surface area contributed by atoms with Crippen LogP contribution in [0.1, 0.15) is 32.8 Å². The second-order valence-electron chi connectivity index (χ2n) is 4.87. The molecule has 0 saturated carbocycles. The molecule has 0 aromatic heterocycles. The first kappa shape index (κ1) is 16.6. The van der Waals surface area contributed by atoms with E-state index in [0.29, 0.717) is 19.1 Å². The monoisotopic (exact) mass is 275 g/mol. The van der Waals surface area contributed by atoms with Gasteiger partial charge in [0.25, 0.3) is 0 Å². The summed E-state index contributed by atoms with van der Waals surface area (Å²) >= 11 is 0. The van der Waals surface area contributed by atoms with Crippen LogP contribution < -0.4 is 4.74 Å². The van der Waals surface area contributed by atoms with Gasteiger partial charge >= 0.3 is 0 Å². The van der Waals surface area contributed by atoms with Crippen LogP contribution in [0.25, 0.3) is 0 Å². The van der Waals surface area contributed by atoms with Crippen LogP contribution in [0.5, 0.6) is 5.75 Å². The van der Waals surface area contributed by atoms with Gasteiger partial charge in [-0.3, -0.25) is 4.90 Å². The fraction of sp³-hybridized carbons (Fsp3) is 0.529. The number of rotatable bonds is 7. The van der Waals surface area contributed by atoms with Crippen molar-refractivity contribution in [1.29, 1.82) is 0 Å². The minimum absolute atomic E-state index is 0.109. The molecule has 0 heterocycles. The molecule has 3 nitrogen and oxygen atoms in total. The molecule has 0 atom stereocenters. The number of likely N-dealkylation sites (N-methyl/N-ethyl adjacent to an activating group) is 1. The zero-order valence-electron chi connectivity index (χ0n) is 12.7. The van der Waals surface area contributed by atoms with E-state index in [0.717, 1.165) is 24.4 Å². The zero-order valence-corrected chi connectivity index (χ0v) is 12.7. The van der Waals surface area contributed by atoms with E-state index >= 15 is 0 Å². The molecule has 1 rings (SSSR count). The lowest BCUT2D eigenvalue weighted by Gasteiger charge is -2.24. The van der Waals surface area contributed by atoms with Crippen molar-refractivity contribution < 1.29 is 9.84 Å². The number of hydrogen-bond donors (Lipinski definition) is 1. The molecule has 110 valence electrons. The molecule has 1 aromatic carbocycles. The zero-order chi connectivity index (χ0) is 14.8. The molecule has 0 radical (unpaired) electrons. The molecule has 3 heteroatoms. The largest absolute Gasteiger partial charge is 0.492 e. The Balaban J connectivity index is 2.40. The van der Waals surface area contributed by atoms with Crippen LogP contribution in [0.4, 0.5) is 0 Å². The maximum Gasteiger partial charge on any atom is 0.119 e. The Hall–Kier alpha value is -1.50. The summed E-state index contributed by atoms with van der Waals surface area (Å²) in [7, 11) is 0. The van der Waals surface area contributed by atoms with Gasteiger partial charge in [0.1, 0.15) is 12.4 Å². The maximum absolute atomic E-state index is 8.66. The maximum atomic E-state index is 8.66. The number of ether oxygens (including phenoxy) is 1. The topological polar surface area (TPSA) is 32.7 Å². The molecular formula is C17H25NO2. The van der Waals surface area contributed by atoms with Crippen LogP contribution in [-0.4, -0.2) is 42.4 Å². The highest BCUT2D eigenvalue weighted by Gasteiger charge is 2.06. The van der Waals surface area contributed by atoms with Crippen LogP contribution in [0.2, 0.25) is 0 Å². The predicted molar refractivity (Wildman–Crippen MR) is 82.9 cm³/mol. The molecule has 0 amide bonds. The number of benzene rings is 1. The van der Waals surface area contributed by atoms with Gasteiger partial charge in [-0.15, -0.1) is 0 Å². The van der Waals surface area contributed by atoms with E-state index in [1.807, 2.05) is 24.3 Å². The molecule has 1 aromatic rings. The van der Waals surface area contributed by atoms with Crippen molar-refractivity contribution >= 4 is 0 Å². The van der Waals surface area contributed by atoms with Crippen LogP contribution in [0.3, 0.4) is 0 Å². The standard InChI is InChI=1S/C17H25NO2/c1-4-18(15(2)3)12-14-20-17-10-8-16(9-11-17)7-5-6-13-19/h8-11,15,19H,4,6,12-14H2,1-3H3. The van der Waals surface area contributed by atoms with Gasteiger partial charge in [0.2, 0.25) is 0 Å². The quantitative estimate of drug-likeness (QED) is 0.776. The molecule has 20 heavy (non-hydrogen) atoms. The highest BCUT2D eigenvalue weighted by Crippen LogP contribution is 2.11. The lowest BCUT2D eigenvalue weighted by atomic mass is 10.2. The normalized spacial score (nSPS) is 10.5. The van der Waals surface area contributed by atoms with E-state index in [-0.39, 0.29) is 6.61 Å². The fourth-order valence-corrected chi connectivity index (χ4v) is 1.92. The number of nitrogens with zero attached hydrogens (tertiary/aromatic N) is 1. The first-order chi connectivity index (χ1) is 9.67. The predicted octanol–water partition coefficient (Wildman–Crippen LogP) is 2.53. The summed E-state index contributed by atoms with van der Waals surface area (Å²) in [6, 6.07) is 8.32. The SMILES string of the molecule is CCN(CCOc1ccc(C#CCCO)cc1)C(C)C. The molecular weight excluding hydrogens is 250 g/mol. The summed E-state index contributed by atoms with van der Waals surface area (Å²) in [5.74, 6) is 6.77. The first-order valence-electron chi connectivity index (χ1n) is 7.24. The average Bonchev–Trinajstić information content (AvgIpc) is 2.45. The third-order valence-electron chi connectivity index (χ3n) is 3.11. The highest BCUT2D eigenvalue weighted by atomic mass is 16.5. The van der Waals surface area contributed by atoms with Gasteiger partial charge in [0, 0.05) is 24.6 Å². The van der Waals surface area contributed by atoms with E-state index in [1.54, 1.807) is 0 Å². The summed E-state index contributed by atoms with van der Waals surface area (Å²) in [6.07, 6.45) is 0.514. The van der Waals surface area contributed by atoms with Crippen molar-refractivity contribution in [3.63, 3.8) is 0 Å². The molecule has 0 bridgehead atoms. The number of hydrogen-bond acceptors (Lipinski definition) is 3. The first-order valence-corrected chi connectivity index (χ1v) is 7.24. The number of aliphatic hydroxyl groups excluding tert-OH is 1. The van der Waals surface area contributed by atoms with Crippen LogP contribution in [-0.2, 0) is 0 Å². The third-order valence-corrected chi connectivity index (χ3v) is 3.11. The summed E-state index contributed by atoms with van der Waals surface area (Å²) < 4.78 is 5.74. The Bertz CT molecular complexity index is 429. The van der Waals surface area contributed by atoms with Crippen molar-refractivity contribution in [2.24, 2.45) is 0 Å². The molecule has 0 saturated heterocycles. The van der Waals surface area contributed by atoms with E-state index < -0.39 is 0 Å². The Morgan fingerprint density at radius 3 is 2.50 bits per heavy atom. The second-order valence-corrected chi connectivity index (χ2v) is 4.87. The van der Waals surface area contributed by atoms with Gasteiger partial charge < -0.3 is 9.84 Å². The summed E-state index contributed by atoms with van der Waals surface area (Å²) in [5, 5.41) is 8.66. The van der Waals surface area contributed by atoms with Crippen molar-refractivity contribution in [3.05, 3.63) is 29.8 Å². The van der Waals surface area contributed by atoms with Crippen molar-refractivity contribution in [3.8, 4) is 17.6 Å². The van der Waals surface area contributed by atoms with Gasteiger partial charge in [-0.25, -0.2) is 0 Å². The number of aliphatic hydroxyl groups is 1. The van der Waals surface area contributed by atoms with Crippen molar-refractivity contribution in [1.82, 2.24) is 4.90 Å². The molecule has 0 spiro atoms. The van der Waals surface area contributed by atoms with Gasteiger partial charge in [-0.1, -0.05) is 18.8 Å². The second kappa shape index (κ2) is 9.41. The lowest BCUT2D eigenvalue weighted by molar-refractivity contribution is 0.183. The van der Waals surface area contributed by atoms with Crippen LogP contribution >= 0.6 is 0 Å². The molecule has 0 aliphatic carbocycles. The van der Waals surface area contributed by atoms with Crippen molar-refractivity contribution in [2.45, 2.75) is 33.2 Å². The van der Waals surface area contributed by atoms with Crippen LogP contribution in [0.15, 0.2) is 24.3 Å². The van der Waals surface area contributed by atoms with E-state index in [4.69, 9.17) is 9.84 Å². The average molecular weight is 275 g/mol. The third kappa shape index (κ3) is 6.10. The van der Waals surface area contributed by atoms with E-state index in [9.17, 15) is 0 Å². The van der Waals surface area contributed by atoms with Gasteiger partial charge in [0.15, 0.2) is 0 Å². The highest BCUT2D eigenvalue weighted by molar-refractivity contribution is 5.38. The fourth-order valence-electron chi connectivity index (χ4n) is 1.92. The van der Waals surface area contributed by atoms with Crippen LogP contribution in [0, 0.1) is 11.8 Å². The summed E-state index contributed by atoms with van der Waals surface area (Å²) in [5.41, 5.74) is 0.947. The van der Waals surface area contributed by atoms with Gasteiger partial charge in [-0.05, 0) is 44.7 Å².